The van der Waals surface area contributed by atoms with Gasteiger partial charge in [-0.15, -0.1) is 0 Å². The van der Waals surface area contributed by atoms with Crippen LogP contribution in [0, 0.1) is 0 Å². The van der Waals surface area contributed by atoms with Gasteiger partial charge in [0.1, 0.15) is 6.61 Å². The molecular formula is C3H5LiNO2. The van der Waals surface area contributed by atoms with E-state index in [1.165, 1.54) is 0 Å². The number of rotatable bonds is 0. The van der Waals surface area contributed by atoms with E-state index in [9.17, 15) is 4.79 Å². The summed E-state index contributed by atoms with van der Waals surface area (Å²) in [5, 5.41) is 2.46. The van der Waals surface area contributed by atoms with Crippen molar-refractivity contribution < 1.29 is 9.53 Å². The second kappa shape index (κ2) is 2.95. The van der Waals surface area contributed by atoms with Crippen LogP contribution in [0.25, 0.3) is 0 Å². The maximum absolute atomic E-state index is 9.91. The third kappa shape index (κ3) is 1.86. The number of hydrogen-bond donors (Lipinski definition) is 1. The Morgan fingerprint density at radius 1 is 1.71 bits per heavy atom. The van der Waals surface area contributed by atoms with Crippen molar-refractivity contribution in [3.8, 4) is 0 Å². The molecule has 1 saturated heterocycles. The fourth-order valence-electron chi connectivity index (χ4n) is 0.348. The van der Waals surface area contributed by atoms with Gasteiger partial charge >= 0.3 is 6.09 Å². The molecule has 35 valence electrons. The summed E-state index contributed by atoms with van der Waals surface area (Å²) in [5.41, 5.74) is 0. The van der Waals surface area contributed by atoms with E-state index in [-0.39, 0.29) is 25.0 Å². The van der Waals surface area contributed by atoms with E-state index in [2.05, 4.69) is 10.1 Å². The average Bonchev–Trinajstić information content (AvgIpc) is 1.86. The molecule has 1 aliphatic rings. The van der Waals surface area contributed by atoms with Crippen molar-refractivity contribution in [3.05, 3.63) is 0 Å². The molecule has 0 aromatic heterocycles. The second-order valence-corrected chi connectivity index (χ2v) is 1.06. The predicted octanol–water partition coefficient (Wildman–Crippen LogP) is -0.655. The Hall–Kier alpha value is -0.133. The second-order valence-electron chi connectivity index (χ2n) is 1.06. The molecule has 1 heterocycles. The van der Waals surface area contributed by atoms with Crippen molar-refractivity contribution in [1.29, 1.82) is 0 Å². The van der Waals surface area contributed by atoms with Crippen molar-refractivity contribution in [1.82, 2.24) is 5.32 Å². The number of carbonyl (C=O) groups excluding carboxylic acids is 1. The van der Waals surface area contributed by atoms with Gasteiger partial charge in [-0.05, 0) is 0 Å². The Labute approximate surface area is 53.6 Å². The fourth-order valence-corrected chi connectivity index (χ4v) is 0.348. The molecule has 0 spiro atoms. The standard InChI is InChI=1S/C3H5NO2.Li/c5-3-4-1-2-6-3;/h1-2H2,(H,4,5);. The molecular weight excluding hydrogens is 89.0 g/mol. The molecule has 4 heteroatoms. The molecule has 1 aliphatic heterocycles. The minimum absolute atomic E-state index is 0. The quantitative estimate of drug-likeness (QED) is 0.405. The number of carbonyl (C=O) groups is 1. The van der Waals surface area contributed by atoms with E-state index in [1.54, 1.807) is 0 Å². The fraction of sp³-hybridized carbons (Fsp3) is 0.667. The topological polar surface area (TPSA) is 38.3 Å². The molecule has 0 aliphatic carbocycles. The normalized spacial score (nSPS) is 16.9. The van der Waals surface area contributed by atoms with Crippen molar-refractivity contribution >= 4 is 25.0 Å². The van der Waals surface area contributed by atoms with Crippen molar-refractivity contribution in [2.24, 2.45) is 0 Å². The van der Waals surface area contributed by atoms with E-state index in [0.717, 1.165) is 0 Å². The van der Waals surface area contributed by atoms with Crippen LogP contribution in [0.4, 0.5) is 4.79 Å². The predicted molar refractivity (Wildman–Crippen MR) is 25.1 cm³/mol. The van der Waals surface area contributed by atoms with Gasteiger partial charge < -0.3 is 10.1 Å². The van der Waals surface area contributed by atoms with E-state index in [1.807, 2.05) is 0 Å². The molecule has 3 nitrogen and oxygen atoms in total. The Balaban J connectivity index is 0.000000360. The third-order valence-electron chi connectivity index (χ3n) is 0.605. The van der Waals surface area contributed by atoms with Crippen LogP contribution in [0.1, 0.15) is 0 Å². The van der Waals surface area contributed by atoms with Crippen LogP contribution >= 0.6 is 0 Å². The van der Waals surface area contributed by atoms with Crippen LogP contribution in [0.3, 0.4) is 0 Å². The van der Waals surface area contributed by atoms with Crippen LogP contribution < -0.4 is 5.32 Å². The molecule has 0 saturated carbocycles. The Kier molecular flexibility index (Phi) is 2.89. The zero-order chi connectivity index (χ0) is 4.41. The average molecular weight is 94.0 g/mol. The minimum Gasteiger partial charge on any atom is -0.448 e. The summed E-state index contributed by atoms with van der Waals surface area (Å²) in [6.45, 7) is 1.19. The largest absolute Gasteiger partial charge is 0.448 e. The first kappa shape index (κ1) is 6.87. The van der Waals surface area contributed by atoms with Gasteiger partial charge in [0.15, 0.2) is 0 Å². The molecule has 0 bridgehead atoms. The van der Waals surface area contributed by atoms with E-state index in [4.69, 9.17) is 0 Å². The Morgan fingerprint density at radius 3 is 2.57 bits per heavy atom. The van der Waals surface area contributed by atoms with Gasteiger partial charge in [0.05, 0.1) is 6.54 Å². The molecule has 1 amide bonds. The van der Waals surface area contributed by atoms with Crippen molar-refractivity contribution in [2.45, 2.75) is 0 Å². The molecule has 1 rings (SSSR count). The molecule has 0 atom stereocenters. The molecule has 0 aromatic rings. The molecule has 0 aromatic carbocycles. The number of nitrogens with one attached hydrogen (secondary N) is 1. The summed E-state index contributed by atoms with van der Waals surface area (Å²) < 4.78 is 4.40. The number of ether oxygens (including phenoxy) is 1. The summed E-state index contributed by atoms with van der Waals surface area (Å²) in [6.07, 6.45) is -0.296. The molecule has 7 heavy (non-hydrogen) atoms. The molecule has 1 fully saturated rings. The molecule has 1 N–H and O–H groups in total. The number of amides is 1. The molecule has 0 unspecified atom stereocenters. The van der Waals surface area contributed by atoms with Gasteiger partial charge in [-0.3, -0.25) is 0 Å². The summed E-state index contributed by atoms with van der Waals surface area (Å²) in [7, 11) is 0. The zero-order valence-electron chi connectivity index (χ0n) is 4.23. The monoisotopic (exact) mass is 94.0 g/mol. The first-order valence-corrected chi connectivity index (χ1v) is 1.80. The smallest absolute Gasteiger partial charge is 0.407 e. The first-order chi connectivity index (χ1) is 2.89. The summed E-state index contributed by atoms with van der Waals surface area (Å²) in [4.78, 5) is 9.91. The van der Waals surface area contributed by atoms with Gasteiger partial charge in [-0.1, -0.05) is 0 Å². The van der Waals surface area contributed by atoms with Crippen molar-refractivity contribution in [3.63, 3.8) is 0 Å². The van der Waals surface area contributed by atoms with Crippen LogP contribution in [0.5, 0.6) is 0 Å². The van der Waals surface area contributed by atoms with Gasteiger partial charge in [-0.25, -0.2) is 4.79 Å². The number of cyclic esters (lactones) is 1. The van der Waals surface area contributed by atoms with E-state index >= 15 is 0 Å². The number of hydrogen-bond acceptors (Lipinski definition) is 2. The van der Waals surface area contributed by atoms with Crippen LogP contribution in [-0.2, 0) is 4.74 Å². The van der Waals surface area contributed by atoms with Crippen LogP contribution in [-0.4, -0.2) is 38.1 Å². The van der Waals surface area contributed by atoms with E-state index < -0.39 is 0 Å². The summed E-state index contributed by atoms with van der Waals surface area (Å²) in [6, 6.07) is 0. The maximum atomic E-state index is 9.91. The van der Waals surface area contributed by atoms with Gasteiger partial charge in [0.2, 0.25) is 0 Å². The van der Waals surface area contributed by atoms with E-state index in [0.29, 0.717) is 13.2 Å². The van der Waals surface area contributed by atoms with Gasteiger partial charge in [-0.2, -0.15) is 0 Å². The Bertz CT molecular complexity index is 67.3. The first-order valence-electron chi connectivity index (χ1n) is 1.80. The maximum Gasteiger partial charge on any atom is 0.407 e. The van der Waals surface area contributed by atoms with Crippen molar-refractivity contribution in [2.75, 3.05) is 13.2 Å². The summed E-state index contributed by atoms with van der Waals surface area (Å²) >= 11 is 0. The third-order valence-corrected chi connectivity index (χ3v) is 0.605. The Morgan fingerprint density at radius 2 is 2.43 bits per heavy atom. The zero-order valence-corrected chi connectivity index (χ0v) is 4.23. The summed E-state index contributed by atoms with van der Waals surface area (Å²) in [5.74, 6) is 0. The van der Waals surface area contributed by atoms with Crippen LogP contribution in [0.15, 0.2) is 0 Å². The van der Waals surface area contributed by atoms with Gasteiger partial charge in [0.25, 0.3) is 0 Å². The van der Waals surface area contributed by atoms with Gasteiger partial charge in [0, 0.05) is 18.9 Å². The molecule has 1 radical (unpaired) electrons. The van der Waals surface area contributed by atoms with Crippen LogP contribution in [0.2, 0.25) is 0 Å². The SMILES string of the molecule is O=C1NCCO1.[Li]. The minimum atomic E-state index is -0.296. The number of alkyl carbamates (subject to hydrolysis) is 1.